The molecular weight excluding hydrogens is 218 g/mol. The van der Waals surface area contributed by atoms with Gasteiger partial charge in [-0.25, -0.2) is 5.90 Å². The third-order valence-electron chi connectivity index (χ3n) is 3.15. The zero-order valence-corrected chi connectivity index (χ0v) is 10.3. The summed E-state index contributed by atoms with van der Waals surface area (Å²) in [6.07, 6.45) is 3.55. The lowest BCUT2D eigenvalue weighted by Crippen LogP contribution is -2.09. The summed E-state index contributed by atoms with van der Waals surface area (Å²) in [5, 5.41) is 0. The predicted octanol–water partition coefficient (Wildman–Crippen LogP) is 2.73. The second kappa shape index (κ2) is 6.28. The van der Waals surface area contributed by atoms with Gasteiger partial charge in [0.2, 0.25) is 0 Å². The van der Waals surface area contributed by atoms with Crippen LogP contribution in [0.3, 0.4) is 0 Å². The van der Waals surface area contributed by atoms with Crippen molar-refractivity contribution in [3.05, 3.63) is 35.4 Å². The highest BCUT2D eigenvalue weighted by atomic mass is 32.2. The lowest BCUT2D eigenvalue weighted by Gasteiger charge is -2.22. The molecule has 2 nitrogen and oxygen atoms in total. The van der Waals surface area contributed by atoms with Gasteiger partial charge in [0.05, 0.1) is 6.61 Å². The van der Waals surface area contributed by atoms with Crippen LogP contribution in [0, 0.1) is 0 Å². The third-order valence-corrected chi connectivity index (χ3v) is 4.20. The van der Waals surface area contributed by atoms with Crippen LogP contribution in [0.2, 0.25) is 0 Å². The van der Waals surface area contributed by atoms with Crippen LogP contribution in [0.25, 0.3) is 0 Å². The highest BCUT2D eigenvalue weighted by molar-refractivity contribution is 7.99. The Balaban J connectivity index is 2.02. The average molecular weight is 237 g/mol. The Morgan fingerprint density at radius 1 is 1.31 bits per heavy atom. The molecule has 1 aromatic rings. The fourth-order valence-electron chi connectivity index (χ4n) is 2.21. The molecule has 0 atom stereocenters. The Kier molecular flexibility index (Phi) is 4.69. The maximum Gasteiger partial charge on any atom is 0.0719 e. The smallest absolute Gasteiger partial charge is 0.0719 e. The van der Waals surface area contributed by atoms with E-state index in [9.17, 15) is 0 Å². The van der Waals surface area contributed by atoms with Crippen LogP contribution in [0.5, 0.6) is 0 Å². The van der Waals surface area contributed by atoms with Gasteiger partial charge in [0, 0.05) is 0 Å². The monoisotopic (exact) mass is 237 g/mol. The molecule has 0 aliphatic carbocycles. The molecule has 88 valence electrons. The third kappa shape index (κ3) is 3.24. The summed E-state index contributed by atoms with van der Waals surface area (Å²) in [6.45, 7) is 0.601. The largest absolute Gasteiger partial charge is 0.304 e. The van der Waals surface area contributed by atoms with Crippen molar-refractivity contribution < 1.29 is 4.84 Å². The van der Waals surface area contributed by atoms with Crippen LogP contribution >= 0.6 is 11.8 Å². The molecular formula is C13H19NOS. The van der Waals surface area contributed by atoms with Crippen molar-refractivity contribution in [3.8, 4) is 0 Å². The number of nitrogens with two attached hydrogens (primary N) is 1. The normalized spacial score (nSPS) is 17.6. The molecule has 2 rings (SSSR count). The molecule has 2 N–H and O–H groups in total. The summed E-state index contributed by atoms with van der Waals surface area (Å²) in [5.41, 5.74) is 2.83. The number of benzene rings is 1. The lowest BCUT2D eigenvalue weighted by atomic mass is 9.92. The van der Waals surface area contributed by atoms with Crippen LogP contribution in [0.15, 0.2) is 24.3 Å². The quantitative estimate of drug-likeness (QED) is 0.818. The van der Waals surface area contributed by atoms with E-state index in [4.69, 9.17) is 5.90 Å². The van der Waals surface area contributed by atoms with E-state index in [1.807, 2.05) is 0 Å². The van der Waals surface area contributed by atoms with E-state index in [0.717, 1.165) is 12.3 Å². The minimum Gasteiger partial charge on any atom is -0.304 e. The van der Waals surface area contributed by atoms with Gasteiger partial charge in [0.1, 0.15) is 0 Å². The Morgan fingerprint density at radius 2 is 2.12 bits per heavy atom. The molecule has 1 fully saturated rings. The van der Waals surface area contributed by atoms with Crippen molar-refractivity contribution in [2.75, 3.05) is 18.1 Å². The van der Waals surface area contributed by atoms with Crippen LogP contribution < -0.4 is 5.90 Å². The first kappa shape index (κ1) is 12.0. The molecule has 0 bridgehead atoms. The van der Waals surface area contributed by atoms with Crippen molar-refractivity contribution >= 4 is 11.8 Å². The number of thioether (sulfide) groups is 1. The van der Waals surface area contributed by atoms with Gasteiger partial charge in [-0.2, -0.15) is 11.8 Å². The van der Waals surface area contributed by atoms with Crippen molar-refractivity contribution in [3.63, 3.8) is 0 Å². The molecule has 0 radical (unpaired) electrons. The zero-order chi connectivity index (χ0) is 11.2. The molecule has 3 heteroatoms. The van der Waals surface area contributed by atoms with E-state index in [2.05, 4.69) is 40.9 Å². The Bertz CT molecular complexity index is 323. The van der Waals surface area contributed by atoms with E-state index in [1.54, 1.807) is 0 Å². The second-order valence-corrected chi connectivity index (χ2v) is 5.48. The molecule has 1 aliphatic heterocycles. The van der Waals surface area contributed by atoms with E-state index < -0.39 is 0 Å². The maximum atomic E-state index is 5.05. The van der Waals surface area contributed by atoms with Gasteiger partial charge in [-0.1, -0.05) is 24.3 Å². The first-order valence-corrected chi connectivity index (χ1v) is 7.04. The minimum atomic E-state index is 0.601. The lowest BCUT2D eigenvalue weighted by molar-refractivity contribution is 0.141. The summed E-state index contributed by atoms with van der Waals surface area (Å²) in [6, 6.07) is 8.89. The molecule has 1 aromatic carbocycles. The van der Waals surface area contributed by atoms with E-state index in [1.165, 1.54) is 35.5 Å². The molecule has 0 amide bonds. The van der Waals surface area contributed by atoms with Crippen LogP contribution in [-0.2, 0) is 11.3 Å². The summed E-state index contributed by atoms with van der Waals surface area (Å²) in [4.78, 5) is 4.63. The van der Waals surface area contributed by atoms with Crippen molar-refractivity contribution in [2.24, 2.45) is 5.90 Å². The Morgan fingerprint density at radius 3 is 2.88 bits per heavy atom. The average Bonchev–Trinajstić information content (AvgIpc) is 2.38. The fourth-order valence-corrected chi connectivity index (χ4v) is 3.32. The van der Waals surface area contributed by atoms with Crippen LogP contribution in [0.1, 0.15) is 29.9 Å². The molecule has 0 aromatic heterocycles. The summed E-state index contributed by atoms with van der Waals surface area (Å²) >= 11 is 2.07. The van der Waals surface area contributed by atoms with Gasteiger partial charge < -0.3 is 4.84 Å². The second-order valence-electron chi connectivity index (χ2n) is 4.25. The molecule has 1 heterocycles. The van der Waals surface area contributed by atoms with Crippen molar-refractivity contribution in [1.29, 1.82) is 0 Å². The van der Waals surface area contributed by atoms with Crippen LogP contribution in [0.4, 0.5) is 0 Å². The first-order chi connectivity index (χ1) is 7.90. The van der Waals surface area contributed by atoms with Gasteiger partial charge in [-0.3, -0.25) is 0 Å². The Hall–Kier alpha value is -0.510. The van der Waals surface area contributed by atoms with Gasteiger partial charge >= 0.3 is 0 Å². The summed E-state index contributed by atoms with van der Waals surface area (Å²) in [7, 11) is 0. The standard InChI is InChI=1S/C13H19NOS/c14-15-7-4-11-2-1-3-13(10-11)12-5-8-16-9-6-12/h1-3,10,12H,4-9,14H2. The van der Waals surface area contributed by atoms with Crippen molar-refractivity contribution in [2.45, 2.75) is 25.2 Å². The van der Waals surface area contributed by atoms with Gasteiger partial charge in [0.15, 0.2) is 0 Å². The predicted molar refractivity (Wildman–Crippen MR) is 69.6 cm³/mol. The molecule has 0 unspecified atom stereocenters. The summed E-state index contributed by atoms with van der Waals surface area (Å²) in [5.74, 6) is 8.43. The Labute approximate surface area is 102 Å². The number of hydrogen-bond donors (Lipinski definition) is 1. The molecule has 1 aliphatic rings. The van der Waals surface area contributed by atoms with Crippen LogP contribution in [-0.4, -0.2) is 18.1 Å². The molecule has 16 heavy (non-hydrogen) atoms. The minimum absolute atomic E-state index is 0.601. The first-order valence-electron chi connectivity index (χ1n) is 5.88. The maximum absolute atomic E-state index is 5.05. The zero-order valence-electron chi connectivity index (χ0n) is 9.52. The number of hydrogen-bond acceptors (Lipinski definition) is 3. The fraction of sp³-hybridized carbons (Fsp3) is 0.538. The summed E-state index contributed by atoms with van der Waals surface area (Å²) < 4.78 is 0. The number of rotatable bonds is 4. The molecule has 1 saturated heterocycles. The van der Waals surface area contributed by atoms with Gasteiger partial charge in [-0.15, -0.1) is 0 Å². The van der Waals surface area contributed by atoms with E-state index in [0.29, 0.717) is 6.61 Å². The highest BCUT2D eigenvalue weighted by Crippen LogP contribution is 2.31. The van der Waals surface area contributed by atoms with Crippen molar-refractivity contribution in [1.82, 2.24) is 0 Å². The SMILES string of the molecule is NOCCc1cccc(C2CCSCC2)c1. The van der Waals surface area contributed by atoms with E-state index >= 15 is 0 Å². The highest BCUT2D eigenvalue weighted by Gasteiger charge is 2.15. The van der Waals surface area contributed by atoms with Gasteiger partial charge in [-0.05, 0) is 47.8 Å². The van der Waals surface area contributed by atoms with Gasteiger partial charge in [0.25, 0.3) is 0 Å². The topological polar surface area (TPSA) is 35.2 Å². The molecule has 0 saturated carbocycles. The molecule has 0 spiro atoms. The van der Waals surface area contributed by atoms with E-state index in [-0.39, 0.29) is 0 Å².